The van der Waals surface area contributed by atoms with Crippen molar-refractivity contribution in [2.75, 3.05) is 11.1 Å². The lowest BCUT2D eigenvalue weighted by Gasteiger charge is -2.04. The molecule has 1 saturated carbocycles. The minimum atomic E-state index is -0.516. The summed E-state index contributed by atoms with van der Waals surface area (Å²) in [5, 5.41) is 10.1. The molecule has 2 aromatic rings. The maximum atomic E-state index is 13.0. The highest BCUT2D eigenvalue weighted by Crippen LogP contribution is 2.38. The Morgan fingerprint density at radius 2 is 2.33 bits per heavy atom. The molecule has 5 nitrogen and oxygen atoms in total. The number of benzene rings is 1. The summed E-state index contributed by atoms with van der Waals surface area (Å²) in [4.78, 5) is 16.1. The number of carbonyl (C=O) groups excluding carboxylic acids is 1. The van der Waals surface area contributed by atoms with Gasteiger partial charge >= 0.3 is 0 Å². The zero-order valence-corrected chi connectivity index (χ0v) is 12.5. The smallest absolute Gasteiger partial charge is 0.234 e. The summed E-state index contributed by atoms with van der Waals surface area (Å²) in [6, 6.07) is 4.04. The highest BCUT2D eigenvalue weighted by molar-refractivity contribution is 7.99. The van der Waals surface area contributed by atoms with E-state index < -0.39 is 5.82 Å². The molecule has 0 saturated heterocycles. The Balaban J connectivity index is 1.52. The van der Waals surface area contributed by atoms with Crippen LogP contribution in [0.15, 0.2) is 23.4 Å². The second-order valence-corrected chi connectivity index (χ2v) is 6.09. The van der Waals surface area contributed by atoms with Crippen molar-refractivity contribution >= 4 is 35.0 Å². The zero-order chi connectivity index (χ0) is 14.8. The first-order valence-electron chi connectivity index (χ1n) is 6.42. The molecule has 110 valence electrons. The van der Waals surface area contributed by atoms with E-state index in [9.17, 15) is 9.18 Å². The van der Waals surface area contributed by atoms with Crippen LogP contribution in [0.2, 0.25) is 5.02 Å². The molecule has 1 aromatic heterocycles. The van der Waals surface area contributed by atoms with Crippen LogP contribution in [0.4, 0.5) is 10.1 Å². The van der Waals surface area contributed by atoms with Crippen LogP contribution in [0.5, 0.6) is 0 Å². The molecule has 1 aliphatic carbocycles. The standard InChI is InChI=1S/C13H12ClFN4OS/c14-9-5-8(3-4-10(9)15)16-11(20)6-21-13-17-12(18-19-13)7-1-2-7/h3-5,7H,1-2,6H2,(H,16,20)(H,17,18,19). The fourth-order valence-corrected chi connectivity index (χ4v) is 2.55. The van der Waals surface area contributed by atoms with Crippen LogP contribution in [-0.4, -0.2) is 26.8 Å². The number of thioether (sulfide) groups is 1. The highest BCUT2D eigenvalue weighted by Gasteiger charge is 2.27. The minimum Gasteiger partial charge on any atom is -0.325 e. The number of amides is 1. The summed E-state index contributed by atoms with van der Waals surface area (Å²) in [5.74, 6) is 0.833. The molecule has 0 atom stereocenters. The van der Waals surface area contributed by atoms with Crippen LogP contribution in [0.25, 0.3) is 0 Å². The van der Waals surface area contributed by atoms with E-state index in [1.165, 1.54) is 30.0 Å². The molecule has 21 heavy (non-hydrogen) atoms. The van der Waals surface area contributed by atoms with Gasteiger partial charge in [-0.15, -0.1) is 5.10 Å². The van der Waals surface area contributed by atoms with Gasteiger partial charge in [0.05, 0.1) is 10.8 Å². The molecule has 0 aliphatic heterocycles. The maximum absolute atomic E-state index is 13.0. The van der Waals surface area contributed by atoms with Crippen molar-refractivity contribution in [3.05, 3.63) is 34.9 Å². The molecule has 0 bridgehead atoms. The second kappa shape index (κ2) is 6.03. The fraction of sp³-hybridized carbons (Fsp3) is 0.308. The van der Waals surface area contributed by atoms with Gasteiger partial charge in [0.2, 0.25) is 11.1 Å². The molecular formula is C13H12ClFN4OS. The Hall–Kier alpha value is -1.60. The largest absolute Gasteiger partial charge is 0.325 e. The summed E-state index contributed by atoms with van der Waals surface area (Å²) in [5.41, 5.74) is 0.459. The number of rotatable bonds is 5. The van der Waals surface area contributed by atoms with Gasteiger partial charge in [0.25, 0.3) is 0 Å². The first-order valence-corrected chi connectivity index (χ1v) is 7.78. The average Bonchev–Trinajstić information content (AvgIpc) is 3.20. The van der Waals surface area contributed by atoms with Crippen molar-refractivity contribution in [1.82, 2.24) is 15.2 Å². The van der Waals surface area contributed by atoms with Gasteiger partial charge in [0, 0.05) is 11.6 Å². The quantitative estimate of drug-likeness (QED) is 0.828. The Bertz CT molecular complexity index is 674. The first kappa shape index (κ1) is 14.3. The van der Waals surface area contributed by atoms with Crippen molar-refractivity contribution in [3.63, 3.8) is 0 Å². The van der Waals surface area contributed by atoms with Gasteiger partial charge < -0.3 is 5.32 Å². The van der Waals surface area contributed by atoms with Crippen molar-refractivity contribution in [2.45, 2.75) is 23.9 Å². The predicted octanol–water partition coefficient (Wildman–Crippen LogP) is 3.21. The number of halogens is 2. The number of nitrogens with zero attached hydrogens (tertiary/aromatic N) is 2. The van der Waals surface area contributed by atoms with Crippen LogP contribution >= 0.6 is 23.4 Å². The third-order valence-corrected chi connectivity index (χ3v) is 4.12. The maximum Gasteiger partial charge on any atom is 0.234 e. The molecule has 3 rings (SSSR count). The van der Waals surface area contributed by atoms with E-state index in [4.69, 9.17) is 11.6 Å². The number of hydrogen-bond donors (Lipinski definition) is 2. The molecule has 1 amide bonds. The van der Waals surface area contributed by atoms with E-state index in [1.807, 2.05) is 0 Å². The van der Waals surface area contributed by atoms with E-state index in [2.05, 4.69) is 20.5 Å². The molecule has 0 spiro atoms. The molecule has 0 radical (unpaired) electrons. The summed E-state index contributed by atoms with van der Waals surface area (Å²) in [6.45, 7) is 0. The lowest BCUT2D eigenvalue weighted by Crippen LogP contribution is -2.14. The lowest BCUT2D eigenvalue weighted by molar-refractivity contribution is -0.113. The van der Waals surface area contributed by atoms with Gasteiger partial charge in [0.1, 0.15) is 11.6 Å². The van der Waals surface area contributed by atoms with Gasteiger partial charge in [0.15, 0.2) is 0 Å². The van der Waals surface area contributed by atoms with Crippen molar-refractivity contribution in [3.8, 4) is 0 Å². The third-order valence-electron chi connectivity index (χ3n) is 2.98. The molecule has 8 heteroatoms. The summed E-state index contributed by atoms with van der Waals surface area (Å²) >= 11 is 6.90. The van der Waals surface area contributed by atoms with Gasteiger partial charge in [-0.25, -0.2) is 9.37 Å². The van der Waals surface area contributed by atoms with E-state index in [1.54, 1.807) is 0 Å². The number of H-pyrrole nitrogens is 1. The Morgan fingerprint density at radius 1 is 1.52 bits per heavy atom. The Kier molecular flexibility index (Phi) is 4.12. The van der Waals surface area contributed by atoms with Gasteiger partial charge in [-0.05, 0) is 31.0 Å². The van der Waals surface area contributed by atoms with Gasteiger partial charge in [-0.2, -0.15) is 0 Å². The molecule has 2 N–H and O–H groups in total. The van der Waals surface area contributed by atoms with Crippen molar-refractivity contribution in [1.29, 1.82) is 0 Å². The number of aromatic amines is 1. The van der Waals surface area contributed by atoms with Crippen LogP contribution in [0.3, 0.4) is 0 Å². The van der Waals surface area contributed by atoms with Crippen molar-refractivity contribution < 1.29 is 9.18 Å². The molecule has 1 heterocycles. The molecule has 0 unspecified atom stereocenters. The van der Waals surface area contributed by atoms with E-state index >= 15 is 0 Å². The number of anilines is 1. The Morgan fingerprint density at radius 3 is 3.05 bits per heavy atom. The number of nitrogens with one attached hydrogen (secondary N) is 2. The fourth-order valence-electron chi connectivity index (χ4n) is 1.76. The topological polar surface area (TPSA) is 70.7 Å². The Labute approximate surface area is 129 Å². The SMILES string of the molecule is O=C(CSc1n[nH]c(C2CC2)n1)Nc1ccc(F)c(Cl)c1. The normalized spacial score (nSPS) is 14.2. The van der Waals surface area contributed by atoms with E-state index in [0.717, 1.165) is 18.7 Å². The summed E-state index contributed by atoms with van der Waals surface area (Å²) < 4.78 is 13.0. The molecule has 1 aromatic carbocycles. The highest BCUT2D eigenvalue weighted by atomic mass is 35.5. The molecule has 1 fully saturated rings. The van der Waals surface area contributed by atoms with Gasteiger partial charge in [-0.1, -0.05) is 23.4 Å². The average molecular weight is 327 g/mol. The zero-order valence-electron chi connectivity index (χ0n) is 10.9. The lowest BCUT2D eigenvalue weighted by atomic mass is 10.3. The van der Waals surface area contributed by atoms with E-state index in [0.29, 0.717) is 16.8 Å². The number of carbonyl (C=O) groups is 1. The van der Waals surface area contributed by atoms with Gasteiger partial charge in [-0.3, -0.25) is 9.89 Å². The summed E-state index contributed by atoms with van der Waals surface area (Å²) in [7, 11) is 0. The van der Waals surface area contributed by atoms with Crippen LogP contribution in [-0.2, 0) is 4.79 Å². The number of aromatic nitrogens is 3. The number of hydrogen-bond acceptors (Lipinski definition) is 4. The first-order chi connectivity index (χ1) is 10.1. The molecule has 1 aliphatic rings. The predicted molar refractivity (Wildman–Crippen MR) is 79.1 cm³/mol. The van der Waals surface area contributed by atoms with Crippen molar-refractivity contribution in [2.24, 2.45) is 0 Å². The molecular weight excluding hydrogens is 315 g/mol. The monoisotopic (exact) mass is 326 g/mol. The third kappa shape index (κ3) is 3.74. The van der Waals surface area contributed by atoms with E-state index in [-0.39, 0.29) is 16.7 Å². The summed E-state index contributed by atoms with van der Waals surface area (Å²) in [6.07, 6.45) is 2.29. The second-order valence-electron chi connectivity index (χ2n) is 4.74. The minimum absolute atomic E-state index is 0.0245. The van der Waals surface area contributed by atoms with Crippen LogP contribution < -0.4 is 5.32 Å². The van der Waals surface area contributed by atoms with Crippen LogP contribution in [0.1, 0.15) is 24.6 Å². The van der Waals surface area contributed by atoms with Crippen LogP contribution in [0, 0.1) is 5.82 Å².